The van der Waals surface area contributed by atoms with Crippen LogP contribution >= 0.6 is 0 Å². The number of methoxy groups -OCH3 is 1. The van der Waals surface area contributed by atoms with Crippen molar-refractivity contribution in [1.29, 1.82) is 0 Å². The Labute approximate surface area is 147 Å². The van der Waals surface area contributed by atoms with Crippen LogP contribution in [0.15, 0.2) is 48.5 Å². The third-order valence-corrected chi connectivity index (χ3v) is 4.20. The molecule has 1 N–H and O–H groups in total. The number of fused-ring (bicyclic) bond motifs is 1. The van der Waals surface area contributed by atoms with Gasteiger partial charge in [-0.05, 0) is 43.7 Å². The van der Waals surface area contributed by atoms with Crippen molar-refractivity contribution in [2.45, 2.75) is 32.9 Å². The number of ether oxygens (including phenoxy) is 1. The smallest absolute Gasteiger partial charge is 0.251 e. The third kappa shape index (κ3) is 3.50. The molecular formula is C20H23N3O2. The van der Waals surface area contributed by atoms with Crippen LogP contribution in [0.4, 0.5) is 0 Å². The third-order valence-electron chi connectivity index (χ3n) is 4.20. The molecule has 0 saturated carbocycles. The van der Waals surface area contributed by atoms with Crippen LogP contribution in [0, 0.1) is 0 Å². The molecule has 0 aliphatic rings. The Kier molecular flexibility index (Phi) is 5.03. The molecule has 0 saturated heterocycles. The fourth-order valence-electron chi connectivity index (χ4n) is 2.99. The number of carbonyl (C=O) groups is 1. The van der Waals surface area contributed by atoms with Crippen molar-refractivity contribution in [2.24, 2.45) is 0 Å². The van der Waals surface area contributed by atoms with E-state index in [2.05, 4.69) is 22.9 Å². The number of hydrogen-bond donors (Lipinski definition) is 1. The van der Waals surface area contributed by atoms with Crippen molar-refractivity contribution in [3.05, 3.63) is 59.9 Å². The van der Waals surface area contributed by atoms with Gasteiger partial charge in [-0.15, -0.1) is 0 Å². The normalized spacial score (nSPS) is 12.1. The molecule has 1 amide bonds. The lowest BCUT2D eigenvalue weighted by atomic mass is 10.2. The molecule has 5 heteroatoms. The van der Waals surface area contributed by atoms with Crippen molar-refractivity contribution < 1.29 is 9.53 Å². The van der Waals surface area contributed by atoms with Gasteiger partial charge in [-0.25, -0.2) is 4.98 Å². The van der Waals surface area contributed by atoms with E-state index in [1.165, 1.54) is 0 Å². The highest BCUT2D eigenvalue weighted by Gasteiger charge is 2.18. The standard InChI is InChI=1S/C20H23N3O2/c1-4-12-23-18-11-6-5-10-17(18)22-19(23)14(2)21-20(24)15-8-7-9-16(13-15)25-3/h5-11,13-14H,4,12H2,1-3H3,(H,21,24). The molecule has 5 nitrogen and oxygen atoms in total. The Morgan fingerprint density at radius 2 is 2.04 bits per heavy atom. The molecule has 130 valence electrons. The number of benzene rings is 2. The Morgan fingerprint density at radius 1 is 1.24 bits per heavy atom. The zero-order valence-electron chi connectivity index (χ0n) is 14.8. The number of rotatable bonds is 6. The first-order chi connectivity index (χ1) is 12.1. The lowest BCUT2D eigenvalue weighted by molar-refractivity contribution is 0.0937. The fraction of sp³-hybridized carbons (Fsp3) is 0.300. The number of hydrogen-bond acceptors (Lipinski definition) is 3. The zero-order chi connectivity index (χ0) is 17.8. The van der Waals surface area contributed by atoms with Crippen LogP contribution < -0.4 is 10.1 Å². The van der Waals surface area contributed by atoms with Gasteiger partial charge < -0.3 is 14.6 Å². The average molecular weight is 337 g/mol. The van der Waals surface area contributed by atoms with Gasteiger partial charge >= 0.3 is 0 Å². The second kappa shape index (κ2) is 7.38. The van der Waals surface area contributed by atoms with Crippen LogP contribution in [0.5, 0.6) is 5.75 Å². The van der Waals surface area contributed by atoms with Gasteiger partial charge in [0.15, 0.2) is 0 Å². The van der Waals surface area contributed by atoms with Crippen molar-refractivity contribution in [3.8, 4) is 5.75 Å². The Bertz CT molecular complexity index is 886. The van der Waals surface area contributed by atoms with Crippen LogP contribution in [-0.2, 0) is 6.54 Å². The number of aryl methyl sites for hydroxylation is 1. The second-order valence-corrected chi connectivity index (χ2v) is 6.04. The number of nitrogens with one attached hydrogen (secondary N) is 1. The summed E-state index contributed by atoms with van der Waals surface area (Å²) in [6, 6.07) is 15.0. The van der Waals surface area contributed by atoms with E-state index in [1.54, 1.807) is 19.2 Å². The maximum absolute atomic E-state index is 12.6. The van der Waals surface area contributed by atoms with Gasteiger partial charge in [0.1, 0.15) is 11.6 Å². The van der Waals surface area contributed by atoms with E-state index < -0.39 is 0 Å². The number of nitrogens with zero attached hydrogens (tertiary/aromatic N) is 2. The Hall–Kier alpha value is -2.82. The Morgan fingerprint density at radius 3 is 2.80 bits per heavy atom. The maximum Gasteiger partial charge on any atom is 0.251 e. The summed E-state index contributed by atoms with van der Waals surface area (Å²) in [5.74, 6) is 1.40. The highest BCUT2D eigenvalue weighted by molar-refractivity contribution is 5.94. The molecule has 3 rings (SSSR count). The lowest BCUT2D eigenvalue weighted by Gasteiger charge is -2.16. The summed E-state index contributed by atoms with van der Waals surface area (Å²) in [4.78, 5) is 17.3. The molecule has 0 aliphatic heterocycles. The summed E-state index contributed by atoms with van der Waals surface area (Å²) in [5.41, 5.74) is 2.62. The van der Waals surface area contributed by atoms with E-state index in [9.17, 15) is 4.79 Å². The second-order valence-electron chi connectivity index (χ2n) is 6.04. The summed E-state index contributed by atoms with van der Waals surface area (Å²) < 4.78 is 7.38. The van der Waals surface area contributed by atoms with E-state index in [1.807, 2.05) is 37.3 Å². The van der Waals surface area contributed by atoms with Gasteiger partial charge in [0.05, 0.1) is 24.2 Å². The minimum absolute atomic E-state index is 0.137. The molecule has 0 bridgehead atoms. The SMILES string of the molecule is CCCn1c(C(C)NC(=O)c2cccc(OC)c2)nc2ccccc21. The molecule has 1 aromatic heterocycles. The number of imidazole rings is 1. The van der Waals surface area contributed by atoms with E-state index >= 15 is 0 Å². The van der Waals surface area contributed by atoms with Gasteiger partial charge in [-0.3, -0.25) is 4.79 Å². The topological polar surface area (TPSA) is 56.2 Å². The van der Waals surface area contributed by atoms with Gasteiger partial charge in [-0.1, -0.05) is 25.1 Å². The molecular weight excluding hydrogens is 314 g/mol. The van der Waals surface area contributed by atoms with Crippen LogP contribution in [-0.4, -0.2) is 22.6 Å². The molecule has 1 unspecified atom stereocenters. The highest BCUT2D eigenvalue weighted by atomic mass is 16.5. The average Bonchev–Trinajstić information content (AvgIpc) is 3.01. The van der Waals surface area contributed by atoms with Gasteiger partial charge in [0, 0.05) is 12.1 Å². The molecule has 2 aromatic carbocycles. The first kappa shape index (κ1) is 17.0. The number of carbonyl (C=O) groups excluding carboxylic acids is 1. The van der Waals surface area contributed by atoms with E-state index in [-0.39, 0.29) is 11.9 Å². The van der Waals surface area contributed by atoms with Crippen molar-refractivity contribution in [1.82, 2.24) is 14.9 Å². The molecule has 1 heterocycles. The van der Waals surface area contributed by atoms with Gasteiger partial charge in [0.25, 0.3) is 5.91 Å². The summed E-state index contributed by atoms with van der Waals surface area (Å²) in [5, 5.41) is 3.05. The van der Waals surface area contributed by atoms with E-state index in [0.717, 1.165) is 29.8 Å². The fourth-order valence-corrected chi connectivity index (χ4v) is 2.99. The minimum Gasteiger partial charge on any atom is -0.497 e. The predicted molar refractivity (Wildman–Crippen MR) is 98.9 cm³/mol. The first-order valence-corrected chi connectivity index (χ1v) is 8.54. The molecule has 0 spiro atoms. The van der Waals surface area contributed by atoms with Crippen molar-refractivity contribution in [2.75, 3.05) is 7.11 Å². The van der Waals surface area contributed by atoms with E-state index in [4.69, 9.17) is 9.72 Å². The van der Waals surface area contributed by atoms with Crippen LogP contribution in [0.3, 0.4) is 0 Å². The van der Waals surface area contributed by atoms with Crippen molar-refractivity contribution in [3.63, 3.8) is 0 Å². The summed E-state index contributed by atoms with van der Waals surface area (Å²) in [6.45, 7) is 4.97. The molecule has 0 aliphatic carbocycles. The summed E-state index contributed by atoms with van der Waals surface area (Å²) in [7, 11) is 1.59. The van der Waals surface area contributed by atoms with Crippen LogP contribution in [0.1, 0.15) is 42.5 Å². The number of aromatic nitrogens is 2. The van der Waals surface area contributed by atoms with E-state index in [0.29, 0.717) is 11.3 Å². The number of para-hydroxylation sites is 2. The van der Waals surface area contributed by atoms with Crippen molar-refractivity contribution >= 4 is 16.9 Å². The molecule has 0 fully saturated rings. The quantitative estimate of drug-likeness (QED) is 0.741. The van der Waals surface area contributed by atoms with Gasteiger partial charge in [0.2, 0.25) is 0 Å². The zero-order valence-corrected chi connectivity index (χ0v) is 14.8. The van der Waals surface area contributed by atoms with Crippen LogP contribution in [0.2, 0.25) is 0 Å². The molecule has 3 aromatic rings. The maximum atomic E-state index is 12.6. The lowest BCUT2D eigenvalue weighted by Crippen LogP contribution is -2.28. The predicted octanol–water partition coefficient (Wildman–Crippen LogP) is 3.95. The minimum atomic E-state index is -0.197. The largest absolute Gasteiger partial charge is 0.497 e. The van der Waals surface area contributed by atoms with Crippen LogP contribution in [0.25, 0.3) is 11.0 Å². The molecule has 0 radical (unpaired) electrons. The van der Waals surface area contributed by atoms with Gasteiger partial charge in [-0.2, -0.15) is 0 Å². The number of amides is 1. The monoisotopic (exact) mass is 337 g/mol. The summed E-state index contributed by atoms with van der Waals surface area (Å²) in [6.07, 6.45) is 1.00. The first-order valence-electron chi connectivity index (χ1n) is 8.54. The Balaban J connectivity index is 1.87. The summed E-state index contributed by atoms with van der Waals surface area (Å²) >= 11 is 0. The highest BCUT2D eigenvalue weighted by Crippen LogP contribution is 2.22. The molecule has 25 heavy (non-hydrogen) atoms. The molecule has 1 atom stereocenters.